The molecule has 4 aromatic rings. The zero-order valence-corrected chi connectivity index (χ0v) is 35.6. The Morgan fingerprint density at radius 3 is 2.60 bits per heavy atom. The number of thioether (sulfide) groups is 1. The van der Waals surface area contributed by atoms with Crippen LogP contribution in [-0.2, 0) is 48.4 Å². The smallest absolute Gasteiger partial charge is 0.414 e. The number of halogens is 1. The third kappa shape index (κ3) is 9.43. The van der Waals surface area contributed by atoms with Crippen LogP contribution in [-0.4, -0.2) is 103 Å². The molecule has 3 aromatic heterocycles. The van der Waals surface area contributed by atoms with E-state index in [1.165, 1.54) is 16.7 Å². The lowest BCUT2D eigenvalue weighted by Gasteiger charge is -2.49. The number of fused-ring (bicyclic) bond motifs is 2. The summed E-state index contributed by atoms with van der Waals surface area (Å²) < 4.78 is 24.6. The number of carbonyl (C=O) groups excluding carboxylic acids is 4. The molecule has 1 aromatic carbocycles. The summed E-state index contributed by atoms with van der Waals surface area (Å²) >= 11 is 2.22. The van der Waals surface area contributed by atoms with E-state index in [0.29, 0.717) is 23.0 Å². The van der Waals surface area contributed by atoms with Gasteiger partial charge in [-0.1, -0.05) is 17.3 Å². The van der Waals surface area contributed by atoms with E-state index in [4.69, 9.17) is 24.0 Å². The summed E-state index contributed by atoms with van der Waals surface area (Å²) in [5.41, 5.74) is 2.19. The first-order valence-corrected chi connectivity index (χ1v) is 20.1. The summed E-state index contributed by atoms with van der Waals surface area (Å²) in [6.07, 6.45) is 2.98. The van der Waals surface area contributed by atoms with Crippen molar-refractivity contribution in [1.29, 1.82) is 0 Å². The fourth-order valence-electron chi connectivity index (χ4n) is 6.33. The van der Waals surface area contributed by atoms with E-state index < -0.39 is 40.9 Å². The van der Waals surface area contributed by atoms with Crippen molar-refractivity contribution in [3.63, 3.8) is 0 Å². The van der Waals surface area contributed by atoms with E-state index >= 15 is 0 Å². The normalized spacial score (nSPS) is 18.1. The SMILES string of the molecule is CCO/N=C(\C(=O)NC1C(=O)N2C(C(=O)OCc3ccc(OC)cc3)=C(C[n+]3cccc4c3ncn4CC3CNC3)CSC12)c1nsc(NC(=O)OC(C)(C)C)n1.[Br-]. The average Bonchev–Trinajstić information content (AvgIpc) is 3.81. The Bertz CT molecular complexity index is 2240. The largest absolute Gasteiger partial charge is 1.00 e. The van der Waals surface area contributed by atoms with Crippen LogP contribution >= 0.6 is 23.3 Å². The molecule has 0 spiro atoms. The van der Waals surface area contributed by atoms with Gasteiger partial charge in [0, 0.05) is 48.4 Å². The van der Waals surface area contributed by atoms with Crippen LogP contribution in [0.2, 0.25) is 0 Å². The number of β-lactam (4-membered cyclic amide) rings is 1. The molecular weight excluding hydrogens is 857 g/mol. The number of benzene rings is 1. The van der Waals surface area contributed by atoms with Crippen molar-refractivity contribution in [2.45, 2.75) is 64.4 Å². The second-order valence-electron chi connectivity index (χ2n) is 14.4. The first-order chi connectivity index (χ1) is 27.4. The lowest BCUT2D eigenvalue weighted by atomic mass is 10.0. The third-order valence-electron chi connectivity index (χ3n) is 9.13. The van der Waals surface area contributed by atoms with Gasteiger partial charge in [-0.3, -0.25) is 19.8 Å². The minimum absolute atomic E-state index is 0. The van der Waals surface area contributed by atoms with Crippen molar-refractivity contribution in [3.8, 4) is 5.75 Å². The number of ether oxygens (including phenoxy) is 3. The Kier molecular flexibility index (Phi) is 13.3. The molecule has 18 nitrogen and oxygen atoms in total. The second kappa shape index (κ2) is 18.2. The molecule has 2 saturated heterocycles. The van der Waals surface area contributed by atoms with Crippen molar-refractivity contribution in [2.75, 3.05) is 37.9 Å². The molecule has 3 N–H and O–H groups in total. The number of esters is 1. The number of pyridine rings is 1. The number of rotatable bonds is 14. The van der Waals surface area contributed by atoms with E-state index in [9.17, 15) is 19.2 Å². The Labute approximate surface area is 352 Å². The maximum absolute atomic E-state index is 14.0. The third-order valence-corrected chi connectivity index (χ3v) is 11.1. The monoisotopic (exact) mass is 898 g/mol. The lowest BCUT2D eigenvalue weighted by molar-refractivity contribution is -0.664. The van der Waals surface area contributed by atoms with E-state index in [1.807, 2.05) is 29.2 Å². The van der Waals surface area contributed by atoms with E-state index in [2.05, 4.69) is 35.0 Å². The molecule has 3 amide bonds. The van der Waals surface area contributed by atoms with Crippen LogP contribution in [0.5, 0.6) is 5.75 Å². The quantitative estimate of drug-likeness (QED) is 0.0485. The Balaban J connectivity index is 0.00000567. The minimum Gasteiger partial charge on any atom is -1.00 e. The Morgan fingerprint density at radius 2 is 1.91 bits per heavy atom. The number of hydrogen-bond donors (Lipinski definition) is 3. The molecule has 2 fully saturated rings. The highest BCUT2D eigenvalue weighted by molar-refractivity contribution is 8.00. The van der Waals surface area contributed by atoms with Gasteiger partial charge in [0.15, 0.2) is 0 Å². The van der Waals surface area contributed by atoms with Gasteiger partial charge in [-0.05, 0) is 62.5 Å². The zero-order chi connectivity index (χ0) is 40.3. The zero-order valence-electron chi connectivity index (χ0n) is 32.4. The molecular formula is C37H43BrN10O8S2. The van der Waals surface area contributed by atoms with Crippen LogP contribution in [0, 0.1) is 5.92 Å². The lowest BCUT2D eigenvalue weighted by Crippen LogP contribution is -3.00. The number of imidazole rings is 1. The maximum atomic E-state index is 14.0. The molecule has 6 heterocycles. The van der Waals surface area contributed by atoms with Gasteiger partial charge >= 0.3 is 17.7 Å². The summed E-state index contributed by atoms with van der Waals surface area (Å²) in [6.45, 7) is 9.98. The topological polar surface area (TPSA) is 204 Å². The Morgan fingerprint density at radius 1 is 1.14 bits per heavy atom. The molecule has 0 radical (unpaired) electrons. The number of carbonyl (C=O) groups is 4. The summed E-state index contributed by atoms with van der Waals surface area (Å²) in [5.74, 6) is -0.532. The molecule has 7 rings (SSSR count). The minimum atomic E-state index is -1.02. The van der Waals surface area contributed by atoms with Crippen molar-refractivity contribution < 1.29 is 59.8 Å². The van der Waals surface area contributed by atoms with Gasteiger partial charge in [0.2, 0.25) is 23.0 Å². The number of hydrogen-bond acceptors (Lipinski definition) is 15. The summed E-state index contributed by atoms with van der Waals surface area (Å²) in [6, 6.07) is 10.1. The van der Waals surface area contributed by atoms with Crippen LogP contribution in [0.15, 0.2) is 65.3 Å². The molecule has 3 aliphatic heterocycles. The van der Waals surface area contributed by atoms with E-state index in [1.54, 1.807) is 59.1 Å². The van der Waals surface area contributed by atoms with Crippen molar-refractivity contribution in [3.05, 3.63) is 71.6 Å². The molecule has 308 valence electrons. The second-order valence-corrected chi connectivity index (χ2v) is 16.3. The van der Waals surface area contributed by atoms with Crippen LogP contribution < -0.4 is 42.2 Å². The van der Waals surface area contributed by atoms with E-state index in [-0.39, 0.29) is 59.1 Å². The van der Waals surface area contributed by atoms with Crippen molar-refractivity contribution in [2.24, 2.45) is 11.1 Å². The number of nitrogens with zero attached hydrogens (tertiary/aromatic N) is 7. The first kappa shape index (κ1) is 42.5. The van der Waals surface area contributed by atoms with Crippen LogP contribution in [0.3, 0.4) is 0 Å². The van der Waals surface area contributed by atoms with Crippen LogP contribution in [0.25, 0.3) is 11.2 Å². The number of oxime groups is 1. The fraction of sp³-hybridized carbons (Fsp3) is 0.432. The van der Waals surface area contributed by atoms with Gasteiger partial charge in [0.1, 0.15) is 53.7 Å². The van der Waals surface area contributed by atoms with Gasteiger partial charge in [0.05, 0.1) is 13.3 Å². The standard InChI is InChI=1S/C37H42N10O8S2.BrH/c1-6-54-43-26(29-41-35(57-44-29)42-36(51)55-37(2,3)4)31(48)40-27-32(49)47-28(34(50)53-18-21-9-11-24(52-5)12-10-21)23(19-56-33(27)47)17-45-13-7-8-25-30(45)39-20-46(25)16-22-14-38-15-22;/h7-13,20,22,27,33,38H,6,14-19H2,1-5H3,(H-,40,41,42,44,48,51);1H/b43-26-;. The number of aromatic nitrogens is 5. The molecule has 2 atom stereocenters. The first-order valence-electron chi connectivity index (χ1n) is 18.3. The van der Waals surface area contributed by atoms with Crippen LogP contribution in [0.4, 0.5) is 9.93 Å². The number of nitrogens with one attached hydrogen (secondary N) is 3. The summed E-state index contributed by atoms with van der Waals surface area (Å²) in [4.78, 5) is 69.6. The number of amides is 3. The fourth-order valence-corrected chi connectivity index (χ4v) is 8.22. The molecule has 0 bridgehead atoms. The molecule has 58 heavy (non-hydrogen) atoms. The molecule has 2 unspecified atom stereocenters. The predicted octanol–water partition coefficient (Wildman–Crippen LogP) is -0.407. The Hall–Kier alpha value is -5.12. The van der Waals surface area contributed by atoms with Crippen LogP contribution in [0.1, 0.15) is 39.1 Å². The molecule has 3 aliphatic rings. The average molecular weight is 900 g/mol. The maximum Gasteiger partial charge on any atom is 0.414 e. The van der Waals surface area contributed by atoms with Crippen molar-refractivity contribution >= 4 is 69.2 Å². The molecule has 0 aliphatic carbocycles. The van der Waals surface area contributed by atoms with Gasteiger partial charge in [-0.2, -0.15) is 9.36 Å². The van der Waals surface area contributed by atoms with Gasteiger partial charge in [-0.15, -0.1) is 11.8 Å². The number of anilines is 1. The summed E-state index contributed by atoms with van der Waals surface area (Å²) in [7, 11) is 1.57. The van der Waals surface area contributed by atoms with Gasteiger partial charge in [0.25, 0.3) is 11.8 Å². The predicted molar refractivity (Wildman–Crippen MR) is 209 cm³/mol. The molecule has 21 heteroatoms. The highest BCUT2D eigenvalue weighted by atomic mass is 79.9. The van der Waals surface area contributed by atoms with Gasteiger partial charge in [-0.25, -0.2) is 14.2 Å². The van der Waals surface area contributed by atoms with Crippen molar-refractivity contribution in [1.82, 2.24) is 34.4 Å². The molecule has 0 saturated carbocycles. The highest BCUT2D eigenvalue weighted by Gasteiger charge is 2.55. The van der Waals surface area contributed by atoms with E-state index in [0.717, 1.165) is 47.9 Å². The summed E-state index contributed by atoms with van der Waals surface area (Å²) in [5, 5.41) is 11.9. The highest BCUT2D eigenvalue weighted by Crippen LogP contribution is 2.41. The number of methoxy groups -OCH3 is 1. The van der Waals surface area contributed by atoms with Gasteiger partial charge < -0.3 is 51.2 Å².